The lowest BCUT2D eigenvalue weighted by Crippen LogP contribution is -2.16. The Morgan fingerprint density at radius 2 is 1.77 bits per heavy atom. The molecule has 0 fully saturated rings. The van der Waals surface area contributed by atoms with E-state index < -0.39 is 11.9 Å². The lowest BCUT2D eigenvalue weighted by Gasteiger charge is -2.11. The second-order valence-corrected chi connectivity index (χ2v) is 4.71. The summed E-state index contributed by atoms with van der Waals surface area (Å²) in [6.07, 6.45) is 1.35. The zero-order valence-electron chi connectivity index (χ0n) is 12.2. The summed E-state index contributed by atoms with van der Waals surface area (Å²) in [7, 11) is 0. The van der Waals surface area contributed by atoms with Gasteiger partial charge in [-0.15, -0.1) is 0 Å². The Morgan fingerprint density at radius 3 is 2.45 bits per heavy atom. The van der Waals surface area contributed by atoms with Gasteiger partial charge in [0.15, 0.2) is 0 Å². The van der Waals surface area contributed by atoms with Gasteiger partial charge in [-0.2, -0.15) is 0 Å². The van der Waals surface area contributed by atoms with Crippen LogP contribution < -0.4 is 15.8 Å². The molecule has 0 heterocycles. The van der Waals surface area contributed by atoms with Crippen LogP contribution >= 0.6 is 0 Å². The van der Waals surface area contributed by atoms with Crippen LogP contribution in [-0.2, 0) is 14.4 Å². The summed E-state index contributed by atoms with van der Waals surface area (Å²) in [5.74, 6) is -1.08. The number of carbonyl (C=O) groups is 3. The SMILES string of the molecule is NC(=O)CCOc1ccccc1NC(=O)CCCCC(=O)O. The highest BCUT2D eigenvalue weighted by atomic mass is 16.5. The molecule has 0 aromatic heterocycles. The van der Waals surface area contributed by atoms with E-state index in [4.69, 9.17) is 15.6 Å². The molecule has 7 nitrogen and oxygen atoms in total. The van der Waals surface area contributed by atoms with Gasteiger partial charge in [0, 0.05) is 12.8 Å². The molecule has 0 spiro atoms. The molecule has 4 N–H and O–H groups in total. The minimum absolute atomic E-state index is 0.0557. The molecule has 1 aromatic carbocycles. The van der Waals surface area contributed by atoms with Gasteiger partial charge in [-0.1, -0.05) is 12.1 Å². The third-order valence-corrected chi connectivity index (χ3v) is 2.81. The van der Waals surface area contributed by atoms with Gasteiger partial charge in [0.25, 0.3) is 0 Å². The molecule has 0 unspecified atom stereocenters. The summed E-state index contributed by atoms with van der Waals surface area (Å²) in [5.41, 5.74) is 5.54. The third kappa shape index (κ3) is 7.28. The van der Waals surface area contributed by atoms with E-state index in [2.05, 4.69) is 5.32 Å². The summed E-state index contributed by atoms with van der Waals surface area (Å²) in [6.45, 7) is 0.140. The second kappa shape index (κ2) is 9.38. The largest absolute Gasteiger partial charge is 0.491 e. The average molecular weight is 308 g/mol. The number of hydrogen-bond acceptors (Lipinski definition) is 4. The molecule has 7 heteroatoms. The number of hydrogen-bond donors (Lipinski definition) is 3. The van der Waals surface area contributed by atoms with Crippen LogP contribution in [-0.4, -0.2) is 29.5 Å². The molecule has 0 aliphatic heterocycles. The summed E-state index contributed by atoms with van der Waals surface area (Å²) in [4.78, 5) is 32.9. The fourth-order valence-electron chi connectivity index (χ4n) is 1.73. The number of rotatable bonds is 10. The van der Waals surface area contributed by atoms with E-state index in [-0.39, 0.29) is 31.8 Å². The maximum Gasteiger partial charge on any atom is 0.303 e. The zero-order valence-corrected chi connectivity index (χ0v) is 12.2. The van der Waals surface area contributed by atoms with Crippen molar-refractivity contribution in [3.05, 3.63) is 24.3 Å². The number of benzene rings is 1. The van der Waals surface area contributed by atoms with Crippen LogP contribution in [0.2, 0.25) is 0 Å². The normalized spacial score (nSPS) is 10.0. The van der Waals surface area contributed by atoms with Crippen molar-refractivity contribution < 1.29 is 24.2 Å². The van der Waals surface area contributed by atoms with E-state index in [1.165, 1.54) is 0 Å². The smallest absolute Gasteiger partial charge is 0.303 e. The van der Waals surface area contributed by atoms with Crippen molar-refractivity contribution in [2.24, 2.45) is 5.73 Å². The van der Waals surface area contributed by atoms with Gasteiger partial charge in [-0.05, 0) is 25.0 Å². The fourth-order valence-corrected chi connectivity index (χ4v) is 1.73. The molecule has 22 heavy (non-hydrogen) atoms. The maximum absolute atomic E-state index is 11.8. The van der Waals surface area contributed by atoms with Crippen LogP contribution in [0, 0.1) is 0 Å². The van der Waals surface area contributed by atoms with Gasteiger partial charge >= 0.3 is 5.97 Å². The number of unbranched alkanes of at least 4 members (excludes halogenated alkanes) is 1. The molecule has 1 aromatic rings. The monoisotopic (exact) mass is 308 g/mol. The van der Waals surface area contributed by atoms with Gasteiger partial charge in [0.1, 0.15) is 5.75 Å². The maximum atomic E-state index is 11.8. The summed E-state index contributed by atoms with van der Waals surface area (Å²) in [6, 6.07) is 6.87. The van der Waals surface area contributed by atoms with Gasteiger partial charge in [0.05, 0.1) is 18.7 Å². The fraction of sp³-hybridized carbons (Fsp3) is 0.400. The predicted octanol–water partition coefficient (Wildman–Crippen LogP) is 1.52. The Hall–Kier alpha value is -2.57. The van der Waals surface area contributed by atoms with Gasteiger partial charge in [0.2, 0.25) is 11.8 Å². The first kappa shape index (κ1) is 17.5. The molecule has 0 saturated carbocycles. The van der Waals surface area contributed by atoms with Crippen LogP contribution in [0.25, 0.3) is 0 Å². The first-order valence-electron chi connectivity index (χ1n) is 7.01. The number of anilines is 1. The molecule has 0 atom stereocenters. The highest BCUT2D eigenvalue weighted by Gasteiger charge is 2.08. The molecular weight excluding hydrogens is 288 g/mol. The van der Waals surface area contributed by atoms with Crippen LogP contribution in [0.4, 0.5) is 5.69 Å². The molecule has 1 rings (SSSR count). The number of primary amides is 1. The highest BCUT2D eigenvalue weighted by molar-refractivity contribution is 5.92. The van der Waals surface area contributed by atoms with Gasteiger partial charge < -0.3 is 20.9 Å². The molecule has 0 aliphatic rings. The number of ether oxygens (including phenoxy) is 1. The highest BCUT2D eigenvalue weighted by Crippen LogP contribution is 2.24. The number of carboxylic acid groups (broad SMARTS) is 1. The summed E-state index contributed by atoms with van der Waals surface area (Å²) in [5, 5.41) is 11.2. The predicted molar refractivity (Wildman–Crippen MR) is 80.5 cm³/mol. The molecule has 0 aliphatic carbocycles. The molecule has 120 valence electrons. The Labute approximate surface area is 128 Å². The Morgan fingerprint density at radius 1 is 1.09 bits per heavy atom. The Balaban J connectivity index is 2.45. The number of amides is 2. The molecular formula is C15H20N2O5. The van der Waals surface area contributed by atoms with E-state index in [9.17, 15) is 14.4 Å². The minimum Gasteiger partial charge on any atom is -0.491 e. The van der Waals surface area contributed by atoms with Crippen molar-refractivity contribution >= 4 is 23.5 Å². The molecule has 0 saturated heterocycles. The number of para-hydroxylation sites is 2. The van der Waals surface area contributed by atoms with Crippen molar-refractivity contribution in [1.29, 1.82) is 0 Å². The van der Waals surface area contributed by atoms with Crippen molar-refractivity contribution in [1.82, 2.24) is 0 Å². The number of nitrogens with two attached hydrogens (primary N) is 1. The lowest BCUT2D eigenvalue weighted by molar-refractivity contribution is -0.137. The standard InChI is InChI=1S/C15H20N2O5/c16-13(18)9-10-22-12-6-2-1-5-11(12)17-14(19)7-3-4-8-15(20)21/h1-2,5-6H,3-4,7-10H2,(H2,16,18)(H,17,19)(H,20,21). The molecule has 0 radical (unpaired) electrons. The van der Waals surface area contributed by atoms with E-state index in [1.54, 1.807) is 24.3 Å². The first-order chi connectivity index (χ1) is 10.5. The van der Waals surface area contributed by atoms with Crippen molar-refractivity contribution in [2.45, 2.75) is 32.1 Å². The third-order valence-electron chi connectivity index (χ3n) is 2.81. The van der Waals surface area contributed by atoms with E-state index in [1.807, 2.05) is 0 Å². The van der Waals surface area contributed by atoms with Crippen LogP contribution in [0.3, 0.4) is 0 Å². The number of carboxylic acids is 1. The lowest BCUT2D eigenvalue weighted by atomic mass is 10.2. The van der Waals surface area contributed by atoms with Crippen LogP contribution in [0.1, 0.15) is 32.1 Å². The number of nitrogens with one attached hydrogen (secondary N) is 1. The zero-order chi connectivity index (χ0) is 16.4. The van der Waals surface area contributed by atoms with Gasteiger partial charge in [-0.3, -0.25) is 14.4 Å². The summed E-state index contributed by atoms with van der Waals surface area (Å²) >= 11 is 0. The van der Waals surface area contributed by atoms with Crippen LogP contribution in [0.5, 0.6) is 5.75 Å². The van der Waals surface area contributed by atoms with E-state index >= 15 is 0 Å². The Bertz CT molecular complexity index is 530. The molecule has 2 amide bonds. The minimum atomic E-state index is -0.867. The second-order valence-electron chi connectivity index (χ2n) is 4.71. The van der Waals surface area contributed by atoms with Crippen molar-refractivity contribution in [2.75, 3.05) is 11.9 Å². The Kier molecular flexibility index (Phi) is 7.45. The van der Waals surface area contributed by atoms with Crippen molar-refractivity contribution in [3.63, 3.8) is 0 Å². The van der Waals surface area contributed by atoms with Crippen molar-refractivity contribution in [3.8, 4) is 5.75 Å². The van der Waals surface area contributed by atoms with Crippen LogP contribution in [0.15, 0.2) is 24.3 Å². The quantitative estimate of drug-likeness (QED) is 0.566. The number of aliphatic carboxylic acids is 1. The topological polar surface area (TPSA) is 119 Å². The average Bonchev–Trinajstić information content (AvgIpc) is 2.45. The van der Waals surface area contributed by atoms with E-state index in [0.29, 0.717) is 24.3 Å². The van der Waals surface area contributed by atoms with E-state index in [0.717, 1.165) is 0 Å². The first-order valence-corrected chi connectivity index (χ1v) is 7.01. The number of carbonyl (C=O) groups excluding carboxylic acids is 2. The summed E-state index contributed by atoms with van der Waals surface area (Å²) < 4.78 is 5.41. The molecule has 0 bridgehead atoms. The van der Waals surface area contributed by atoms with Gasteiger partial charge in [-0.25, -0.2) is 0 Å².